The van der Waals surface area contributed by atoms with Crippen molar-refractivity contribution in [2.45, 2.75) is 5.16 Å². The molecular weight excluding hydrogens is 432 g/mol. The molecule has 0 aliphatic rings. The maximum absolute atomic E-state index is 12.3. The van der Waals surface area contributed by atoms with Crippen LogP contribution in [0.15, 0.2) is 89.4 Å². The van der Waals surface area contributed by atoms with Crippen molar-refractivity contribution < 1.29 is 4.79 Å². The van der Waals surface area contributed by atoms with Crippen LogP contribution in [0.5, 0.6) is 0 Å². The minimum absolute atomic E-state index is 0.133. The van der Waals surface area contributed by atoms with Gasteiger partial charge in [0, 0.05) is 28.7 Å². The van der Waals surface area contributed by atoms with E-state index in [-0.39, 0.29) is 11.7 Å². The highest BCUT2D eigenvalue weighted by Crippen LogP contribution is 2.27. The molecule has 7 nitrogen and oxygen atoms in total. The van der Waals surface area contributed by atoms with Crippen LogP contribution in [0.3, 0.4) is 0 Å². The van der Waals surface area contributed by atoms with Gasteiger partial charge in [-0.1, -0.05) is 53.7 Å². The summed E-state index contributed by atoms with van der Waals surface area (Å²) >= 11 is 7.23. The second kappa shape index (κ2) is 10.0. The Kier molecular flexibility index (Phi) is 6.71. The van der Waals surface area contributed by atoms with E-state index in [2.05, 4.69) is 25.7 Å². The maximum atomic E-state index is 12.3. The number of pyridine rings is 1. The molecule has 0 bridgehead atoms. The van der Waals surface area contributed by atoms with Crippen molar-refractivity contribution in [3.63, 3.8) is 0 Å². The molecule has 0 atom stereocenters. The van der Waals surface area contributed by atoms with Crippen molar-refractivity contribution >= 4 is 35.5 Å². The van der Waals surface area contributed by atoms with Gasteiger partial charge in [-0.25, -0.2) is 5.43 Å². The second-order valence-electron chi connectivity index (χ2n) is 6.35. The van der Waals surface area contributed by atoms with E-state index in [1.54, 1.807) is 30.7 Å². The van der Waals surface area contributed by atoms with Gasteiger partial charge in [0.2, 0.25) is 0 Å². The van der Waals surface area contributed by atoms with E-state index in [0.717, 1.165) is 16.8 Å². The summed E-state index contributed by atoms with van der Waals surface area (Å²) in [5.41, 5.74) is 5.10. The van der Waals surface area contributed by atoms with Crippen LogP contribution in [0.4, 0.5) is 0 Å². The van der Waals surface area contributed by atoms with Crippen LogP contribution < -0.4 is 5.43 Å². The molecule has 31 heavy (non-hydrogen) atoms. The van der Waals surface area contributed by atoms with Crippen molar-refractivity contribution in [1.29, 1.82) is 0 Å². The normalized spacial score (nSPS) is 11.0. The lowest BCUT2D eigenvalue weighted by atomic mass is 10.2. The SMILES string of the molecule is O=C(CSc1nnc(-c2ccncc2)n1-c1ccccc1)N/N=C/c1cccc(Cl)c1. The monoisotopic (exact) mass is 448 g/mol. The third kappa shape index (κ3) is 5.36. The van der Waals surface area contributed by atoms with E-state index < -0.39 is 0 Å². The van der Waals surface area contributed by atoms with Crippen LogP contribution in [0.1, 0.15) is 5.56 Å². The van der Waals surface area contributed by atoms with Gasteiger partial charge in [-0.3, -0.25) is 14.3 Å². The number of carbonyl (C=O) groups is 1. The summed E-state index contributed by atoms with van der Waals surface area (Å²) < 4.78 is 1.92. The number of hydrogen-bond donors (Lipinski definition) is 1. The van der Waals surface area contributed by atoms with Gasteiger partial charge in [-0.2, -0.15) is 5.10 Å². The number of benzene rings is 2. The number of aromatic nitrogens is 4. The Morgan fingerprint density at radius 3 is 2.65 bits per heavy atom. The summed E-state index contributed by atoms with van der Waals surface area (Å²) in [7, 11) is 0. The van der Waals surface area contributed by atoms with E-state index >= 15 is 0 Å². The van der Waals surface area contributed by atoms with Crippen molar-refractivity contribution in [2.75, 3.05) is 5.75 Å². The number of nitrogens with one attached hydrogen (secondary N) is 1. The summed E-state index contributed by atoms with van der Waals surface area (Å²) in [6, 6.07) is 20.7. The van der Waals surface area contributed by atoms with Crippen LogP contribution in [0, 0.1) is 0 Å². The Morgan fingerprint density at radius 2 is 1.87 bits per heavy atom. The summed E-state index contributed by atoms with van der Waals surface area (Å²) in [5.74, 6) is 0.556. The summed E-state index contributed by atoms with van der Waals surface area (Å²) in [6.07, 6.45) is 4.96. The molecule has 154 valence electrons. The van der Waals surface area contributed by atoms with Crippen LogP contribution >= 0.6 is 23.4 Å². The molecule has 0 radical (unpaired) electrons. The van der Waals surface area contributed by atoms with Gasteiger partial charge >= 0.3 is 0 Å². The molecule has 0 aliphatic carbocycles. The zero-order chi connectivity index (χ0) is 21.5. The summed E-state index contributed by atoms with van der Waals surface area (Å²) in [4.78, 5) is 16.3. The van der Waals surface area contributed by atoms with Crippen LogP contribution in [-0.2, 0) is 4.79 Å². The summed E-state index contributed by atoms with van der Waals surface area (Å²) in [5, 5.41) is 13.8. The molecule has 1 amide bonds. The molecule has 0 spiro atoms. The Morgan fingerprint density at radius 1 is 1.06 bits per heavy atom. The first-order valence-electron chi connectivity index (χ1n) is 9.32. The fourth-order valence-corrected chi connectivity index (χ4v) is 3.73. The fraction of sp³-hybridized carbons (Fsp3) is 0.0455. The number of amides is 1. The maximum Gasteiger partial charge on any atom is 0.250 e. The molecule has 2 heterocycles. The van der Waals surface area contributed by atoms with Crippen molar-refractivity contribution in [1.82, 2.24) is 25.2 Å². The Labute approximate surface area is 188 Å². The van der Waals surface area contributed by atoms with Gasteiger partial charge in [0.25, 0.3) is 5.91 Å². The first-order valence-corrected chi connectivity index (χ1v) is 10.7. The van der Waals surface area contributed by atoms with Gasteiger partial charge < -0.3 is 0 Å². The van der Waals surface area contributed by atoms with Crippen LogP contribution in [0.25, 0.3) is 17.1 Å². The minimum Gasteiger partial charge on any atom is -0.272 e. The molecule has 2 aromatic heterocycles. The van der Waals surface area contributed by atoms with Gasteiger partial charge in [0.15, 0.2) is 11.0 Å². The molecule has 4 rings (SSSR count). The smallest absolute Gasteiger partial charge is 0.250 e. The number of rotatable bonds is 7. The van der Waals surface area contributed by atoms with E-state index in [4.69, 9.17) is 11.6 Å². The number of carbonyl (C=O) groups excluding carboxylic acids is 1. The Balaban J connectivity index is 1.48. The Hall–Kier alpha value is -3.49. The van der Waals surface area contributed by atoms with Crippen molar-refractivity contribution in [3.05, 3.63) is 89.7 Å². The standard InChI is InChI=1S/C22H17ClN6OS/c23-18-6-4-5-16(13-18)14-25-26-20(30)15-31-22-28-27-21(17-9-11-24-12-10-17)29(22)19-7-2-1-3-8-19/h1-14H,15H2,(H,26,30)/b25-14+. The zero-order valence-corrected chi connectivity index (χ0v) is 17.8. The van der Waals surface area contributed by atoms with Crippen LogP contribution in [0.2, 0.25) is 5.02 Å². The topological polar surface area (TPSA) is 85.1 Å². The predicted molar refractivity (Wildman–Crippen MR) is 123 cm³/mol. The van der Waals surface area contributed by atoms with E-state index in [0.29, 0.717) is 16.0 Å². The van der Waals surface area contributed by atoms with Gasteiger partial charge in [-0.05, 0) is 42.0 Å². The van der Waals surface area contributed by atoms with Crippen molar-refractivity contribution in [3.8, 4) is 17.1 Å². The van der Waals surface area contributed by atoms with E-state index in [1.165, 1.54) is 11.8 Å². The molecule has 0 unspecified atom stereocenters. The van der Waals surface area contributed by atoms with Crippen molar-refractivity contribution in [2.24, 2.45) is 5.10 Å². The number of hydrogen-bond acceptors (Lipinski definition) is 6. The highest BCUT2D eigenvalue weighted by molar-refractivity contribution is 7.99. The quantitative estimate of drug-likeness (QED) is 0.260. The van der Waals surface area contributed by atoms with Gasteiger partial charge in [0.05, 0.1) is 12.0 Å². The number of halogens is 1. The van der Waals surface area contributed by atoms with E-state index in [9.17, 15) is 4.79 Å². The highest BCUT2D eigenvalue weighted by Gasteiger charge is 2.17. The molecule has 9 heteroatoms. The lowest BCUT2D eigenvalue weighted by molar-refractivity contribution is -0.118. The molecule has 0 aliphatic heterocycles. The molecule has 2 aromatic carbocycles. The predicted octanol–water partition coefficient (Wildman–Crippen LogP) is 4.23. The highest BCUT2D eigenvalue weighted by atomic mass is 35.5. The molecule has 4 aromatic rings. The van der Waals surface area contributed by atoms with Gasteiger partial charge in [-0.15, -0.1) is 10.2 Å². The third-order valence-electron chi connectivity index (χ3n) is 4.17. The molecule has 0 saturated heterocycles. The Bertz CT molecular complexity index is 1200. The fourth-order valence-electron chi connectivity index (χ4n) is 2.79. The second-order valence-corrected chi connectivity index (χ2v) is 7.73. The van der Waals surface area contributed by atoms with E-state index in [1.807, 2.05) is 59.2 Å². The first kappa shape index (κ1) is 20.8. The minimum atomic E-state index is -0.253. The summed E-state index contributed by atoms with van der Waals surface area (Å²) in [6.45, 7) is 0. The first-order chi connectivity index (χ1) is 15.2. The largest absolute Gasteiger partial charge is 0.272 e. The molecule has 1 N–H and O–H groups in total. The lowest BCUT2D eigenvalue weighted by Gasteiger charge is -2.10. The number of para-hydroxylation sites is 1. The number of nitrogens with zero attached hydrogens (tertiary/aromatic N) is 5. The molecular formula is C22H17ClN6OS. The average molecular weight is 449 g/mol. The van der Waals surface area contributed by atoms with Crippen LogP contribution in [-0.4, -0.2) is 37.6 Å². The number of thioether (sulfide) groups is 1. The lowest BCUT2D eigenvalue weighted by Crippen LogP contribution is -2.20. The third-order valence-corrected chi connectivity index (χ3v) is 5.33. The average Bonchev–Trinajstić information content (AvgIpc) is 3.23. The molecule has 0 saturated carbocycles. The van der Waals surface area contributed by atoms with Gasteiger partial charge in [0.1, 0.15) is 0 Å². The zero-order valence-electron chi connectivity index (χ0n) is 16.2. The number of hydrazone groups is 1. The molecule has 0 fully saturated rings.